The summed E-state index contributed by atoms with van der Waals surface area (Å²) < 4.78 is 0. The van der Waals surface area contributed by atoms with Crippen LogP contribution in [0.2, 0.25) is 0 Å². The predicted octanol–water partition coefficient (Wildman–Crippen LogP) is 2.93. The molecule has 0 aliphatic heterocycles. The van der Waals surface area contributed by atoms with Gasteiger partial charge in [-0.25, -0.2) is 0 Å². The summed E-state index contributed by atoms with van der Waals surface area (Å²) >= 11 is 4.55. The van der Waals surface area contributed by atoms with Crippen LogP contribution in [0.25, 0.3) is 6.08 Å². The second-order valence-corrected chi connectivity index (χ2v) is 4.80. The lowest BCUT2D eigenvalue weighted by Gasteiger charge is -2.24. The fourth-order valence-corrected chi connectivity index (χ4v) is 2.19. The Hall–Kier alpha value is -0.730. The summed E-state index contributed by atoms with van der Waals surface area (Å²) in [4.78, 5) is -0.481. The van der Waals surface area contributed by atoms with Gasteiger partial charge in [-0.05, 0) is 30.9 Å². The van der Waals surface area contributed by atoms with Crippen LogP contribution in [0.5, 0.6) is 0 Å². The van der Waals surface area contributed by atoms with E-state index in [1.165, 1.54) is 11.1 Å². The molecule has 1 aromatic carbocycles. The molecule has 74 valence electrons. The molecule has 2 rings (SSSR count). The maximum atomic E-state index is 6.18. The molecule has 2 heteroatoms. The molecule has 1 unspecified atom stereocenters. The fourth-order valence-electron chi connectivity index (χ4n) is 1.88. The molecular weight excluding hydrogens is 190 g/mol. The van der Waals surface area contributed by atoms with Crippen molar-refractivity contribution in [3.63, 3.8) is 0 Å². The Morgan fingerprint density at radius 1 is 1.36 bits per heavy atom. The Morgan fingerprint density at radius 2 is 2.07 bits per heavy atom. The van der Waals surface area contributed by atoms with E-state index in [0.29, 0.717) is 0 Å². The number of hydrogen-bond donors (Lipinski definition) is 2. The quantitative estimate of drug-likeness (QED) is 0.494. The summed E-state index contributed by atoms with van der Waals surface area (Å²) in [5.41, 5.74) is 9.90. The van der Waals surface area contributed by atoms with E-state index >= 15 is 0 Å². The first kappa shape index (κ1) is 9.81. The second kappa shape index (κ2) is 3.44. The minimum absolute atomic E-state index is 0.481. The summed E-state index contributed by atoms with van der Waals surface area (Å²) in [5, 5.41) is 0. The average Bonchev–Trinajstić information content (AvgIpc) is 2.25. The smallest absolute Gasteiger partial charge is 0.0856 e. The van der Waals surface area contributed by atoms with Crippen LogP contribution in [0.4, 0.5) is 0 Å². The van der Waals surface area contributed by atoms with Crippen LogP contribution in [-0.2, 0) is 4.87 Å². The minimum Gasteiger partial charge on any atom is -0.313 e. The normalized spacial score (nSPS) is 26.4. The van der Waals surface area contributed by atoms with Gasteiger partial charge in [-0.3, -0.25) is 0 Å². The standard InChI is InChI=1S/C12H15NS/c1-9-6-7-12(13,14)11-5-3-2-4-10(11)8-9/h2-5,8,14H,6-7,13H2,1H3. The van der Waals surface area contributed by atoms with Gasteiger partial charge >= 0.3 is 0 Å². The van der Waals surface area contributed by atoms with Gasteiger partial charge in [0.2, 0.25) is 0 Å². The average molecular weight is 205 g/mol. The second-order valence-electron chi connectivity index (χ2n) is 4.00. The van der Waals surface area contributed by atoms with Crippen LogP contribution in [0.15, 0.2) is 29.8 Å². The zero-order chi connectivity index (χ0) is 10.2. The summed E-state index contributed by atoms with van der Waals surface area (Å²) in [6, 6.07) is 8.22. The molecule has 1 atom stereocenters. The van der Waals surface area contributed by atoms with Crippen molar-refractivity contribution in [1.82, 2.24) is 0 Å². The van der Waals surface area contributed by atoms with Gasteiger partial charge in [-0.1, -0.05) is 35.9 Å². The third kappa shape index (κ3) is 1.72. The number of thiol groups is 1. The fraction of sp³-hybridized carbons (Fsp3) is 0.333. The molecule has 1 nitrogen and oxygen atoms in total. The molecular formula is C12H15NS. The number of hydrogen-bond acceptors (Lipinski definition) is 2. The van der Waals surface area contributed by atoms with Crippen molar-refractivity contribution in [2.75, 3.05) is 0 Å². The van der Waals surface area contributed by atoms with E-state index in [2.05, 4.69) is 37.8 Å². The summed E-state index contributed by atoms with van der Waals surface area (Å²) in [7, 11) is 0. The van der Waals surface area contributed by atoms with Crippen molar-refractivity contribution in [2.45, 2.75) is 24.6 Å². The van der Waals surface area contributed by atoms with Crippen molar-refractivity contribution < 1.29 is 0 Å². The van der Waals surface area contributed by atoms with E-state index in [0.717, 1.165) is 18.4 Å². The minimum atomic E-state index is -0.481. The van der Waals surface area contributed by atoms with Crippen molar-refractivity contribution in [3.8, 4) is 0 Å². The first-order valence-corrected chi connectivity index (χ1v) is 5.32. The largest absolute Gasteiger partial charge is 0.313 e. The van der Waals surface area contributed by atoms with Gasteiger partial charge in [0.25, 0.3) is 0 Å². The lowest BCUT2D eigenvalue weighted by atomic mass is 9.99. The Bertz CT molecular complexity index is 380. The molecule has 0 fully saturated rings. The lowest BCUT2D eigenvalue weighted by Crippen LogP contribution is -2.30. The van der Waals surface area contributed by atoms with Gasteiger partial charge in [-0.15, -0.1) is 0 Å². The summed E-state index contributed by atoms with van der Waals surface area (Å²) in [6.45, 7) is 2.14. The van der Waals surface area contributed by atoms with Crippen molar-refractivity contribution >= 4 is 18.7 Å². The van der Waals surface area contributed by atoms with Gasteiger partial charge in [0.05, 0.1) is 4.87 Å². The third-order valence-corrected chi connectivity index (χ3v) is 3.19. The molecule has 1 aliphatic carbocycles. The molecule has 0 amide bonds. The number of allylic oxidation sites excluding steroid dienone is 1. The summed E-state index contributed by atoms with van der Waals surface area (Å²) in [5.74, 6) is 0. The molecule has 1 aromatic rings. The Kier molecular flexibility index (Phi) is 2.41. The maximum absolute atomic E-state index is 6.18. The molecule has 0 saturated heterocycles. The molecule has 0 bridgehead atoms. The topological polar surface area (TPSA) is 26.0 Å². The first-order chi connectivity index (χ1) is 6.59. The van der Waals surface area contributed by atoms with E-state index in [-0.39, 0.29) is 0 Å². The monoisotopic (exact) mass is 205 g/mol. The van der Waals surface area contributed by atoms with Gasteiger partial charge in [0.15, 0.2) is 0 Å². The number of nitrogens with two attached hydrogens (primary N) is 1. The number of rotatable bonds is 0. The van der Waals surface area contributed by atoms with Crippen LogP contribution in [-0.4, -0.2) is 0 Å². The van der Waals surface area contributed by atoms with E-state index in [4.69, 9.17) is 5.73 Å². The molecule has 0 saturated carbocycles. The zero-order valence-corrected chi connectivity index (χ0v) is 9.22. The Morgan fingerprint density at radius 3 is 2.86 bits per heavy atom. The molecule has 0 heterocycles. The Labute approximate surface area is 90.4 Å². The van der Waals surface area contributed by atoms with E-state index in [1.54, 1.807) is 0 Å². The maximum Gasteiger partial charge on any atom is 0.0856 e. The van der Waals surface area contributed by atoms with Crippen LogP contribution in [0, 0.1) is 0 Å². The molecule has 0 aromatic heterocycles. The van der Waals surface area contributed by atoms with E-state index < -0.39 is 4.87 Å². The van der Waals surface area contributed by atoms with Gasteiger partial charge in [0, 0.05) is 0 Å². The SMILES string of the molecule is CC1=Cc2ccccc2C(N)(S)CC1. The molecule has 1 aliphatic rings. The third-order valence-electron chi connectivity index (χ3n) is 2.73. The molecule has 0 spiro atoms. The highest BCUT2D eigenvalue weighted by Gasteiger charge is 2.26. The number of fused-ring (bicyclic) bond motifs is 1. The highest BCUT2D eigenvalue weighted by molar-refractivity contribution is 7.81. The highest BCUT2D eigenvalue weighted by atomic mass is 32.1. The van der Waals surface area contributed by atoms with Gasteiger partial charge in [0.1, 0.15) is 0 Å². The van der Waals surface area contributed by atoms with E-state index in [9.17, 15) is 0 Å². The highest BCUT2D eigenvalue weighted by Crippen LogP contribution is 2.35. The number of benzene rings is 1. The first-order valence-electron chi connectivity index (χ1n) is 4.87. The summed E-state index contributed by atoms with van der Waals surface area (Å²) in [6.07, 6.45) is 4.13. The van der Waals surface area contributed by atoms with Crippen molar-refractivity contribution in [1.29, 1.82) is 0 Å². The van der Waals surface area contributed by atoms with Crippen LogP contribution < -0.4 is 5.73 Å². The van der Waals surface area contributed by atoms with Crippen LogP contribution in [0.3, 0.4) is 0 Å². The van der Waals surface area contributed by atoms with Crippen LogP contribution in [0.1, 0.15) is 30.9 Å². The van der Waals surface area contributed by atoms with Crippen molar-refractivity contribution in [3.05, 3.63) is 41.0 Å². The Balaban J connectivity index is 2.58. The molecule has 2 N–H and O–H groups in total. The zero-order valence-electron chi connectivity index (χ0n) is 8.33. The lowest BCUT2D eigenvalue weighted by molar-refractivity contribution is 0.600. The molecule has 0 radical (unpaired) electrons. The van der Waals surface area contributed by atoms with Crippen LogP contribution >= 0.6 is 12.6 Å². The van der Waals surface area contributed by atoms with E-state index in [1.807, 2.05) is 12.1 Å². The van der Waals surface area contributed by atoms with Gasteiger partial charge in [-0.2, -0.15) is 12.6 Å². The predicted molar refractivity (Wildman–Crippen MR) is 64.2 cm³/mol. The molecule has 14 heavy (non-hydrogen) atoms. The van der Waals surface area contributed by atoms with Crippen molar-refractivity contribution in [2.24, 2.45) is 5.73 Å². The van der Waals surface area contributed by atoms with Gasteiger partial charge < -0.3 is 5.73 Å².